The SMILES string of the molecule is Cc1cc2[nH]c(C3CC3)nc2cc1-c1ccc(C[C@H](NC(=O)C2CCC(CN)CC2)C(=O)Nc2cc(Cl)c3[nH]c(=O)[nH]c3c2)cc1. The second kappa shape index (κ2) is 12.4. The number of hydrogen-bond acceptors (Lipinski definition) is 5. The van der Waals surface area contributed by atoms with Crippen LogP contribution in [0.5, 0.6) is 0 Å². The molecule has 2 fully saturated rings. The van der Waals surface area contributed by atoms with Crippen molar-refractivity contribution in [3.8, 4) is 11.1 Å². The molecule has 0 spiro atoms. The number of nitrogens with one attached hydrogen (secondary N) is 5. The fraction of sp³-hybridized carbons (Fsp3) is 0.371. The number of imidazole rings is 2. The van der Waals surface area contributed by atoms with Crippen LogP contribution >= 0.6 is 11.6 Å². The first-order chi connectivity index (χ1) is 22.2. The maximum Gasteiger partial charge on any atom is 0.323 e. The van der Waals surface area contributed by atoms with Crippen molar-refractivity contribution in [1.82, 2.24) is 25.3 Å². The van der Waals surface area contributed by atoms with E-state index in [0.717, 1.165) is 64.8 Å². The van der Waals surface area contributed by atoms with Gasteiger partial charge in [-0.05, 0) is 104 Å². The average molecular weight is 640 g/mol. The van der Waals surface area contributed by atoms with E-state index in [4.69, 9.17) is 22.3 Å². The topological polar surface area (TPSA) is 162 Å². The lowest BCUT2D eigenvalue weighted by Crippen LogP contribution is -2.48. The molecular formula is C35H38ClN7O3. The molecule has 0 aliphatic heterocycles. The van der Waals surface area contributed by atoms with Crippen molar-refractivity contribution in [2.24, 2.45) is 17.6 Å². The summed E-state index contributed by atoms with van der Waals surface area (Å²) in [6, 6.07) is 14.8. The van der Waals surface area contributed by atoms with Gasteiger partial charge in [0.2, 0.25) is 11.8 Å². The minimum Gasteiger partial charge on any atom is -0.344 e. The molecule has 0 radical (unpaired) electrons. The quantitative estimate of drug-likeness (QED) is 0.122. The van der Waals surface area contributed by atoms with E-state index in [1.165, 1.54) is 12.8 Å². The lowest BCUT2D eigenvalue weighted by Gasteiger charge is -2.28. The lowest BCUT2D eigenvalue weighted by atomic mass is 9.81. The van der Waals surface area contributed by atoms with Gasteiger partial charge in [-0.15, -0.1) is 0 Å². The first-order valence-electron chi connectivity index (χ1n) is 16.1. The predicted molar refractivity (Wildman–Crippen MR) is 181 cm³/mol. The molecule has 238 valence electrons. The zero-order chi connectivity index (χ0) is 31.9. The molecule has 2 saturated carbocycles. The van der Waals surface area contributed by atoms with Crippen LogP contribution < -0.4 is 22.1 Å². The van der Waals surface area contributed by atoms with E-state index >= 15 is 0 Å². The molecule has 10 nitrogen and oxygen atoms in total. The van der Waals surface area contributed by atoms with Crippen LogP contribution in [0.15, 0.2) is 53.3 Å². The highest BCUT2D eigenvalue weighted by Gasteiger charge is 2.30. The number of anilines is 1. The number of fused-ring (bicyclic) bond motifs is 2. The van der Waals surface area contributed by atoms with Gasteiger partial charge in [0.25, 0.3) is 0 Å². The van der Waals surface area contributed by atoms with Crippen molar-refractivity contribution < 1.29 is 9.59 Å². The number of carbonyl (C=O) groups is 2. The first kappa shape index (κ1) is 30.3. The van der Waals surface area contributed by atoms with Crippen LogP contribution in [0.1, 0.15) is 61.4 Å². The van der Waals surface area contributed by atoms with Crippen molar-refractivity contribution in [3.63, 3.8) is 0 Å². The third-order valence-electron chi connectivity index (χ3n) is 9.54. The van der Waals surface area contributed by atoms with Gasteiger partial charge in [-0.2, -0.15) is 0 Å². The van der Waals surface area contributed by atoms with Gasteiger partial charge in [-0.3, -0.25) is 9.59 Å². The summed E-state index contributed by atoms with van der Waals surface area (Å²) in [6.07, 6.45) is 6.02. The molecule has 1 atom stereocenters. The summed E-state index contributed by atoms with van der Waals surface area (Å²) in [4.78, 5) is 52.6. The molecule has 7 N–H and O–H groups in total. The fourth-order valence-corrected chi connectivity index (χ4v) is 6.93. The van der Waals surface area contributed by atoms with Crippen LogP contribution in [-0.2, 0) is 16.0 Å². The zero-order valence-corrected chi connectivity index (χ0v) is 26.5. The standard InChI is InChI=1S/C35H38ClN7O3/c1-18-12-27-28(40-32(39-27)22-10-11-22)16-25(18)21-6-2-19(3-7-21)13-30(41-33(44)23-8-4-20(17-37)5-9-23)34(45)38-24-14-26(36)31-29(15-24)42-35(46)43-31/h2-3,6-7,12,14-16,20,22-23,30H,4-5,8-11,13,17,37H2,1H3,(H,38,45)(H,39,40)(H,41,44)(H2,42,43,46)/t20?,23?,30-/m0/s1. The second-order valence-electron chi connectivity index (χ2n) is 12.9. The summed E-state index contributed by atoms with van der Waals surface area (Å²) in [5.74, 6) is 1.43. The summed E-state index contributed by atoms with van der Waals surface area (Å²) in [7, 11) is 0. The monoisotopic (exact) mass is 639 g/mol. The number of H-pyrrole nitrogens is 3. The number of carbonyl (C=O) groups excluding carboxylic acids is 2. The van der Waals surface area contributed by atoms with E-state index in [9.17, 15) is 14.4 Å². The van der Waals surface area contributed by atoms with Crippen molar-refractivity contribution in [3.05, 3.63) is 81.0 Å². The van der Waals surface area contributed by atoms with Crippen LogP contribution in [0.25, 0.3) is 33.2 Å². The minimum atomic E-state index is -0.826. The third kappa shape index (κ3) is 6.32. The fourth-order valence-electron chi connectivity index (χ4n) is 6.66. The Hall–Kier alpha value is -4.41. The Bertz CT molecular complexity index is 1980. The molecule has 46 heavy (non-hydrogen) atoms. The zero-order valence-electron chi connectivity index (χ0n) is 25.7. The van der Waals surface area contributed by atoms with E-state index < -0.39 is 6.04 Å². The van der Waals surface area contributed by atoms with Crippen molar-refractivity contribution >= 4 is 51.2 Å². The molecule has 2 aromatic heterocycles. The van der Waals surface area contributed by atoms with E-state index in [1.54, 1.807) is 12.1 Å². The molecule has 0 unspecified atom stereocenters. The van der Waals surface area contributed by atoms with Gasteiger partial charge < -0.3 is 31.3 Å². The van der Waals surface area contributed by atoms with Crippen molar-refractivity contribution in [1.29, 1.82) is 0 Å². The van der Waals surface area contributed by atoms with Crippen LogP contribution in [0.3, 0.4) is 0 Å². The van der Waals surface area contributed by atoms with E-state index in [2.05, 4.69) is 56.8 Å². The number of amides is 2. The van der Waals surface area contributed by atoms with Crippen LogP contribution in [-0.4, -0.2) is 44.3 Å². The predicted octanol–water partition coefficient (Wildman–Crippen LogP) is 5.67. The Kier molecular flexibility index (Phi) is 8.16. The molecular weight excluding hydrogens is 602 g/mol. The molecule has 2 heterocycles. The van der Waals surface area contributed by atoms with Crippen molar-refractivity contribution in [2.75, 3.05) is 11.9 Å². The number of aryl methyl sites for hydroxylation is 1. The second-order valence-corrected chi connectivity index (χ2v) is 13.4. The Labute approximate surface area is 270 Å². The maximum atomic E-state index is 13.7. The number of aromatic nitrogens is 4. The smallest absolute Gasteiger partial charge is 0.323 e. The lowest BCUT2D eigenvalue weighted by molar-refractivity contribution is -0.130. The van der Waals surface area contributed by atoms with Crippen molar-refractivity contribution in [2.45, 2.75) is 63.8 Å². The molecule has 0 bridgehead atoms. The average Bonchev–Trinajstić information content (AvgIpc) is 3.71. The summed E-state index contributed by atoms with van der Waals surface area (Å²) >= 11 is 6.38. The minimum absolute atomic E-state index is 0.121. The Balaban J connectivity index is 1.11. The molecule has 11 heteroatoms. The number of rotatable bonds is 9. The van der Waals surface area contributed by atoms with Crippen LogP contribution in [0.4, 0.5) is 5.69 Å². The highest BCUT2D eigenvalue weighted by molar-refractivity contribution is 6.35. The number of aromatic amines is 3. The van der Waals surface area contributed by atoms with Gasteiger partial charge in [0.05, 0.1) is 27.1 Å². The molecule has 2 aliphatic rings. The van der Waals surface area contributed by atoms with Gasteiger partial charge in [-0.25, -0.2) is 9.78 Å². The van der Waals surface area contributed by atoms with E-state index in [1.807, 2.05) is 12.1 Å². The Morgan fingerprint density at radius 1 is 0.978 bits per heavy atom. The van der Waals surface area contributed by atoms with E-state index in [0.29, 0.717) is 46.5 Å². The highest BCUT2D eigenvalue weighted by atomic mass is 35.5. The molecule has 7 rings (SSSR count). The molecule has 0 saturated heterocycles. The van der Waals surface area contributed by atoms with E-state index in [-0.39, 0.29) is 23.4 Å². The normalized spacial score (nSPS) is 18.9. The summed E-state index contributed by atoms with van der Waals surface area (Å²) < 4.78 is 0. The largest absolute Gasteiger partial charge is 0.344 e. The number of nitrogens with two attached hydrogens (primary N) is 1. The number of hydrogen-bond donors (Lipinski definition) is 6. The Morgan fingerprint density at radius 2 is 1.74 bits per heavy atom. The summed E-state index contributed by atoms with van der Waals surface area (Å²) in [5.41, 5.74) is 13.1. The first-order valence-corrected chi connectivity index (χ1v) is 16.4. The maximum absolute atomic E-state index is 13.7. The Morgan fingerprint density at radius 3 is 2.46 bits per heavy atom. The van der Waals surface area contributed by atoms with Gasteiger partial charge in [0.1, 0.15) is 11.9 Å². The summed E-state index contributed by atoms with van der Waals surface area (Å²) in [5, 5.41) is 6.25. The molecule has 5 aromatic rings. The number of halogens is 1. The van der Waals surface area contributed by atoms with Gasteiger partial charge >= 0.3 is 5.69 Å². The molecule has 3 aromatic carbocycles. The molecule has 2 amide bonds. The van der Waals surface area contributed by atoms with Gasteiger partial charge in [-0.1, -0.05) is 35.9 Å². The highest BCUT2D eigenvalue weighted by Crippen LogP contribution is 2.39. The summed E-state index contributed by atoms with van der Waals surface area (Å²) in [6.45, 7) is 2.73. The van der Waals surface area contributed by atoms with Gasteiger partial charge in [0.15, 0.2) is 0 Å². The van der Waals surface area contributed by atoms with Gasteiger partial charge in [0, 0.05) is 23.9 Å². The number of nitrogens with zero attached hydrogens (tertiary/aromatic N) is 1. The van der Waals surface area contributed by atoms with Crippen LogP contribution in [0.2, 0.25) is 5.02 Å². The number of benzene rings is 3. The van der Waals surface area contributed by atoms with Crippen LogP contribution in [0, 0.1) is 18.8 Å². The molecule has 2 aliphatic carbocycles. The third-order valence-corrected chi connectivity index (χ3v) is 9.84.